The van der Waals surface area contributed by atoms with Gasteiger partial charge in [-0.2, -0.15) is 0 Å². The molecular weight excluding hydrogens is 476 g/mol. The number of benzene rings is 2. The van der Waals surface area contributed by atoms with Crippen molar-refractivity contribution in [2.24, 2.45) is 17.6 Å². The molecule has 2 aromatic carbocycles. The van der Waals surface area contributed by atoms with Gasteiger partial charge in [0.1, 0.15) is 22.8 Å². The van der Waals surface area contributed by atoms with Gasteiger partial charge in [-0.05, 0) is 62.0 Å². The van der Waals surface area contributed by atoms with Crippen LogP contribution >= 0.6 is 0 Å². The van der Waals surface area contributed by atoms with E-state index in [2.05, 4.69) is 0 Å². The van der Waals surface area contributed by atoms with Crippen molar-refractivity contribution in [2.75, 3.05) is 14.1 Å². The van der Waals surface area contributed by atoms with Gasteiger partial charge >= 0.3 is 0 Å². The zero-order chi connectivity index (χ0) is 26.8. The zero-order valence-corrected chi connectivity index (χ0v) is 20.4. The Balaban J connectivity index is 1.69. The molecular formula is C28H28N2O7. The van der Waals surface area contributed by atoms with Crippen LogP contribution < -0.4 is 5.73 Å². The molecule has 0 heterocycles. The van der Waals surface area contributed by atoms with Crippen LogP contribution in [-0.4, -0.2) is 68.5 Å². The molecule has 0 bridgehead atoms. The first kappa shape index (κ1) is 24.7. The molecule has 1 amide bonds. The topological polar surface area (TPSA) is 161 Å². The lowest BCUT2D eigenvalue weighted by Crippen LogP contribution is -2.65. The third-order valence-electron chi connectivity index (χ3n) is 7.94. The Kier molecular flexibility index (Phi) is 5.73. The molecule has 3 aliphatic carbocycles. The number of aliphatic hydroxyl groups is 3. The second-order valence-electron chi connectivity index (χ2n) is 10.2. The second kappa shape index (κ2) is 8.57. The fourth-order valence-corrected chi connectivity index (χ4v) is 6.29. The molecule has 0 radical (unpaired) electrons. The van der Waals surface area contributed by atoms with Gasteiger partial charge in [0.15, 0.2) is 11.4 Å². The molecule has 0 saturated heterocycles. The summed E-state index contributed by atoms with van der Waals surface area (Å²) in [5, 5.41) is 44.5. The van der Waals surface area contributed by atoms with Crippen LogP contribution in [0.15, 0.2) is 59.4 Å². The number of amides is 1. The Morgan fingerprint density at radius 3 is 2.38 bits per heavy atom. The van der Waals surface area contributed by atoms with E-state index in [0.29, 0.717) is 12.0 Å². The van der Waals surface area contributed by atoms with E-state index in [1.165, 1.54) is 11.0 Å². The molecule has 0 spiro atoms. The minimum absolute atomic E-state index is 0.0617. The van der Waals surface area contributed by atoms with E-state index in [4.69, 9.17) is 5.73 Å². The lowest BCUT2D eigenvalue weighted by atomic mass is 9.57. The Bertz CT molecular complexity index is 1410. The second-order valence-corrected chi connectivity index (χ2v) is 10.2. The number of rotatable bonds is 4. The lowest BCUT2D eigenvalue weighted by molar-refractivity contribution is -0.153. The Morgan fingerprint density at radius 2 is 1.76 bits per heavy atom. The van der Waals surface area contributed by atoms with E-state index in [9.17, 15) is 34.8 Å². The standard InChI is InChI=1S/C28H28N2O7/c1-30(2)22-17-12-15-11-16-14(10-13-6-4-3-5-7-13)8-9-18(31)20(16)23(32)19(15)25(34)28(17,37)26(35)21(24(22)33)27(29)36/h3-9,15,17,22,31-32,35,37H,10-12H2,1-2H3,(H2,29,36)/t15-,17-,22-,28-/m0/s1. The van der Waals surface area contributed by atoms with Crippen LogP contribution in [-0.2, 0) is 27.2 Å². The van der Waals surface area contributed by atoms with Gasteiger partial charge in [-0.3, -0.25) is 19.3 Å². The zero-order valence-electron chi connectivity index (χ0n) is 20.4. The molecule has 6 N–H and O–H groups in total. The molecule has 2 aromatic rings. The number of phenols is 1. The fraction of sp³-hybridized carbons (Fsp3) is 0.321. The van der Waals surface area contributed by atoms with E-state index in [-0.39, 0.29) is 29.7 Å². The van der Waals surface area contributed by atoms with Crippen molar-refractivity contribution >= 4 is 23.2 Å². The van der Waals surface area contributed by atoms with E-state index < -0.39 is 58.0 Å². The molecule has 3 aliphatic rings. The number of nitrogens with two attached hydrogens (primary N) is 1. The summed E-state index contributed by atoms with van der Waals surface area (Å²) in [5.41, 5.74) is 4.40. The third-order valence-corrected chi connectivity index (χ3v) is 7.94. The molecule has 9 nitrogen and oxygen atoms in total. The quantitative estimate of drug-likeness (QED) is 0.392. The van der Waals surface area contributed by atoms with Crippen molar-refractivity contribution in [3.63, 3.8) is 0 Å². The van der Waals surface area contributed by atoms with Crippen molar-refractivity contribution in [1.82, 2.24) is 4.90 Å². The molecule has 192 valence electrons. The van der Waals surface area contributed by atoms with E-state index >= 15 is 0 Å². The van der Waals surface area contributed by atoms with Crippen LogP contribution in [0.2, 0.25) is 0 Å². The number of carbonyl (C=O) groups excluding carboxylic acids is 3. The number of likely N-dealkylation sites (N-methyl/N-ethyl adjacent to an activating group) is 1. The van der Waals surface area contributed by atoms with Crippen LogP contribution in [0.1, 0.15) is 28.7 Å². The van der Waals surface area contributed by atoms with Gasteiger partial charge in [-0.15, -0.1) is 0 Å². The average molecular weight is 505 g/mol. The first-order chi connectivity index (χ1) is 17.5. The molecule has 37 heavy (non-hydrogen) atoms. The number of aromatic hydroxyl groups is 1. The number of nitrogens with zero attached hydrogens (tertiary/aromatic N) is 1. The fourth-order valence-electron chi connectivity index (χ4n) is 6.29. The number of Topliss-reactive ketones (excluding diaryl/α,β-unsaturated/α-hetero) is 2. The summed E-state index contributed by atoms with van der Waals surface area (Å²) < 4.78 is 0. The minimum Gasteiger partial charge on any atom is -0.508 e. The molecule has 1 saturated carbocycles. The van der Waals surface area contributed by atoms with Crippen molar-refractivity contribution in [3.05, 3.63) is 81.6 Å². The smallest absolute Gasteiger partial charge is 0.255 e. The first-order valence-electron chi connectivity index (χ1n) is 12.0. The van der Waals surface area contributed by atoms with E-state index in [1.54, 1.807) is 20.2 Å². The van der Waals surface area contributed by atoms with Gasteiger partial charge in [0, 0.05) is 11.5 Å². The third kappa shape index (κ3) is 3.49. The first-order valence-corrected chi connectivity index (χ1v) is 12.0. The summed E-state index contributed by atoms with van der Waals surface area (Å²) in [6.07, 6.45) is 0.863. The molecule has 0 aliphatic heterocycles. The van der Waals surface area contributed by atoms with Crippen LogP contribution in [0.5, 0.6) is 5.75 Å². The lowest BCUT2D eigenvalue weighted by Gasteiger charge is -2.50. The number of aliphatic hydroxyl groups excluding tert-OH is 2. The van der Waals surface area contributed by atoms with Crippen LogP contribution in [0, 0.1) is 11.8 Å². The molecule has 9 heteroatoms. The number of carbonyl (C=O) groups is 3. The van der Waals surface area contributed by atoms with E-state index in [1.807, 2.05) is 30.3 Å². The summed E-state index contributed by atoms with van der Waals surface area (Å²) in [6, 6.07) is 11.8. The normalized spacial score (nSPS) is 27.2. The van der Waals surface area contributed by atoms with Crippen molar-refractivity contribution < 1.29 is 34.8 Å². The highest BCUT2D eigenvalue weighted by Gasteiger charge is 2.64. The maximum atomic E-state index is 13.9. The van der Waals surface area contributed by atoms with E-state index in [0.717, 1.165) is 11.1 Å². The highest BCUT2D eigenvalue weighted by molar-refractivity contribution is 6.24. The summed E-state index contributed by atoms with van der Waals surface area (Å²) >= 11 is 0. The molecule has 5 rings (SSSR count). The van der Waals surface area contributed by atoms with Gasteiger partial charge in [-0.1, -0.05) is 36.4 Å². The Labute approximate surface area is 213 Å². The SMILES string of the molecule is CN(C)[C@@H]1C(=O)C(C(N)=O)=C(O)[C@@]2(O)C(=O)C3=C(O)c4c(O)ccc(Cc5ccccc5)c4C[C@H]3C[C@@H]12. The van der Waals surface area contributed by atoms with Gasteiger partial charge < -0.3 is 26.2 Å². The molecule has 1 fully saturated rings. The number of fused-ring (bicyclic) bond motifs is 3. The van der Waals surface area contributed by atoms with Gasteiger partial charge in [0.25, 0.3) is 5.91 Å². The number of primary amides is 1. The van der Waals surface area contributed by atoms with Gasteiger partial charge in [0.05, 0.1) is 11.6 Å². The molecule has 0 aromatic heterocycles. The molecule has 4 atom stereocenters. The van der Waals surface area contributed by atoms with Gasteiger partial charge in [0.2, 0.25) is 5.78 Å². The van der Waals surface area contributed by atoms with Crippen molar-refractivity contribution in [3.8, 4) is 5.75 Å². The van der Waals surface area contributed by atoms with Crippen molar-refractivity contribution in [2.45, 2.75) is 30.9 Å². The largest absolute Gasteiger partial charge is 0.508 e. The Morgan fingerprint density at radius 1 is 1.08 bits per heavy atom. The predicted molar refractivity (Wildman–Crippen MR) is 133 cm³/mol. The highest BCUT2D eigenvalue weighted by atomic mass is 16.3. The number of ketones is 2. The summed E-state index contributed by atoms with van der Waals surface area (Å²) in [5.74, 6) is -6.53. The minimum atomic E-state index is -2.64. The van der Waals surface area contributed by atoms with Crippen molar-refractivity contribution in [1.29, 1.82) is 0 Å². The maximum absolute atomic E-state index is 13.9. The monoisotopic (exact) mass is 504 g/mol. The number of phenolic OH excluding ortho intramolecular Hbond substituents is 1. The van der Waals surface area contributed by atoms with Crippen LogP contribution in [0.3, 0.4) is 0 Å². The van der Waals surface area contributed by atoms with Gasteiger partial charge in [-0.25, -0.2) is 0 Å². The molecule has 0 unspecified atom stereocenters. The summed E-state index contributed by atoms with van der Waals surface area (Å²) in [7, 11) is 3.15. The number of hydrogen-bond donors (Lipinski definition) is 5. The average Bonchev–Trinajstić information content (AvgIpc) is 2.83. The number of hydrogen-bond acceptors (Lipinski definition) is 8. The highest BCUT2D eigenvalue weighted by Crippen LogP contribution is 2.53. The predicted octanol–water partition coefficient (Wildman–Crippen LogP) is 1.55. The maximum Gasteiger partial charge on any atom is 0.255 e. The van der Waals surface area contributed by atoms with Crippen LogP contribution in [0.4, 0.5) is 0 Å². The summed E-state index contributed by atoms with van der Waals surface area (Å²) in [4.78, 5) is 40.6. The summed E-state index contributed by atoms with van der Waals surface area (Å²) in [6.45, 7) is 0. The van der Waals surface area contributed by atoms with Crippen LogP contribution in [0.25, 0.3) is 5.76 Å². The Hall–Kier alpha value is -3.95.